The Bertz CT molecular complexity index is 1610. The van der Waals surface area contributed by atoms with Crippen LogP contribution in [0.15, 0.2) is 59.7 Å². The van der Waals surface area contributed by atoms with Crippen molar-refractivity contribution in [2.75, 3.05) is 20.2 Å². The average molecular weight is 550 g/mol. The number of halogens is 2. The molecule has 0 saturated carbocycles. The van der Waals surface area contributed by atoms with Gasteiger partial charge in [0.25, 0.3) is 11.5 Å². The summed E-state index contributed by atoms with van der Waals surface area (Å²) < 4.78 is 36.6. The van der Waals surface area contributed by atoms with Gasteiger partial charge in [0.1, 0.15) is 17.4 Å². The summed E-state index contributed by atoms with van der Waals surface area (Å²) in [6.45, 7) is 2.42. The highest BCUT2D eigenvalue weighted by Gasteiger charge is 2.34. The molecule has 0 spiro atoms. The number of ether oxygens (including phenoxy) is 1. The van der Waals surface area contributed by atoms with E-state index in [-0.39, 0.29) is 23.7 Å². The molecular formula is C29H29F2N5O4. The van der Waals surface area contributed by atoms with Crippen LogP contribution in [0, 0.1) is 11.6 Å². The van der Waals surface area contributed by atoms with Crippen LogP contribution >= 0.6 is 0 Å². The smallest absolute Gasteiger partial charge is 0.271 e. The largest absolute Gasteiger partial charge is 0.496 e. The van der Waals surface area contributed by atoms with Crippen LogP contribution in [0.1, 0.15) is 53.2 Å². The summed E-state index contributed by atoms with van der Waals surface area (Å²) in [6.07, 6.45) is 3.94. The number of rotatable bonds is 7. The van der Waals surface area contributed by atoms with Gasteiger partial charge in [-0.2, -0.15) is 10.1 Å². The van der Waals surface area contributed by atoms with Crippen LogP contribution < -0.4 is 10.3 Å². The van der Waals surface area contributed by atoms with Gasteiger partial charge in [-0.05, 0) is 42.2 Å². The minimum Gasteiger partial charge on any atom is -0.496 e. The first-order chi connectivity index (χ1) is 19.2. The number of aromatic nitrogens is 4. The highest BCUT2D eigenvalue weighted by Crippen LogP contribution is 2.35. The first kappa shape index (κ1) is 27.0. The maximum Gasteiger partial charge on any atom is 0.271 e. The van der Waals surface area contributed by atoms with Crippen molar-refractivity contribution in [1.82, 2.24) is 24.2 Å². The number of hydrogen-bond donors (Lipinski definition) is 1. The number of para-hydroxylation sites is 1. The fourth-order valence-electron chi connectivity index (χ4n) is 5.43. The minimum atomic E-state index is -0.882. The zero-order valence-electron chi connectivity index (χ0n) is 22.3. The number of carbonyl (C=O) groups is 1. The van der Waals surface area contributed by atoms with E-state index in [1.165, 1.54) is 20.3 Å². The van der Waals surface area contributed by atoms with Crippen LogP contribution in [-0.4, -0.2) is 55.4 Å². The number of benzene rings is 2. The Morgan fingerprint density at radius 3 is 2.58 bits per heavy atom. The van der Waals surface area contributed by atoms with Gasteiger partial charge in [-0.3, -0.25) is 18.8 Å². The van der Waals surface area contributed by atoms with Gasteiger partial charge in [0.05, 0.1) is 24.9 Å². The highest BCUT2D eigenvalue weighted by atomic mass is 19.1. The zero-order chi connectivity index (χ0) is 28.6. The van der Waals surface area contributed by atoms with Crippen molar-refractivity contribution in [2.24, 2.45) is 7.05 Å². The number of amides is 1. The quantitative estimate of drug-likeness (QED) is 0.370. The second kappa shape index (κ2) is 10.9. The van der Waals surface area contributed by atoms with Crippen molar-refractivity contribution in [2.45, 2.75) is 31.7 Å². The predicted molar refractivity (Wildman–Crippen MR) is 143 cm³/mol. The van der Waals surface area contributed by atoms with Gasteiger partial charge in [0, 0.05) is 38.3 Å². The van der Waals surface area contributed by atoms with E-state index in [9.17, 15) is 23.5 Å². The lowest BCUT2D eigenvalue weighted by Gasteiger charge is -2.24. The minimum absolute atomic E-state index is 0.0225. The van der Waals surface area contributed by atoms with Gasteiger partial charge in [0.15, 0.2) is 11.4 Å². The Balaban J connectivity index is 1.60. The molecule has 11 heteroatoms. The number of nitrogens with zero attached hydrogens (tertiary/aromatic N) is 5. The molecule has 1 unspecified atom stereocenters. The molecule has 3 heterocycles. The Labute approximate surface area is 229 Å². The molecule has 1 aliphatic rings. The Morgan fingerprint density at radius 1 is 1.20 bits per heavy atom. The van der Waals surface area contributed by atoms with Crippen molar-refractivity contribution in [3.63, 3.8) is 0 Å². The van der Waals surface area contributed by atoms with E-state index in [1.807, 2.05) is 24.3 Å². The monoisotopic (exact) mass is 549 g/mol. The van der Waals surface area contributed by atoms with Crippen molar-refractivity contribution in [3.8, 4) is 23.0 Å². The lowest BCUT2D eigenvalue weighted by Crippen LogP contribution is -2.38. The fourth-order valence-corrected chi connectivity index (χ4v) is 5.43. The number of aromatic hydroxyl groups is 1. The molecule has 0 bridgehead atoms. The first-order valence-corrected chi connectivity index (χ1v) is 12.9. The first-order valence-electron chi connectivity index (χ1n) is 12.9. The molecule has 0 radical (unpaired) electrons. The molecule has 40 heavy (non-hydrogen) atoms. The van der Waals surface area contributed by atoms with Crippen LogP contribution in [0.3, 0.4) is 0 Å². The normalized spacial score (nSPS) is 15.8. The number of hydrogen-bond acceptors (Lipinski definition) is 6. The summed E-state index contributed by atoms with van der Waals surface area (Å²) in [5.74, 6) is -2.27. The molecule has 2 aromatic carbocycles. The van der Waals surface area contributed by atoms with E-state index in [2.05, 4.69) is 10.1 Å². The van der Waals surface area contributed by atoms with Gasteiger partial charge in [0.2, 0.25) is 5.88 Å². The summed E-state index contributed by atoms with van der Waals surface area (Å²) in [6, 6.07) is 9.71. The zero-order valence-corrected chi connectivity index (χ0v) is 22.3. The van der Waals surface area contributed by atoms with Gasteiger partial charge >= 0.3 is 0 Å². The third-order valence-corrected chi connectivity index (χ3v) is 7.30. The molecule has 2 atom stereocenters. The Kier molecular flexibility index (Phi) is 7.38. The van der Waals surface area contributed by atoms with Crippen LogP contribution in [0.2, 0.25) is 0 Å². The maximum absolute atomic E-state index is 14.2. The predicted octanol–water partition coefficient (Wildman–Crippen LogP) is 4.27. The summed E-state index contributed by atoms with van der Waals surface area (Å²) in [7, 11) is 3.26. The van der Waals surface area contributed by atoms with E-state index < -0.39 is 40.6 Å². The fraction of sp³-hybridized carbons (Fsp3) is 0.310. The van der Waals surface area contributed by atoms with Gasteiger partial charge in [-0.25, -0.2) is 8.78 Å². The van der Waals surface area contributed by atoms with Crippen LogP contribution in [0.5, 0.6) is 11.6 Å². The average Bonchev–Trinajstić information content (AvgIpc) is 3.59. The number of aryl methyl sites for hydroxylation is 1. The van der Waals surface area contributed by atoms with E-state index in [0.717, 1.165) is 23.8 Å². The van der Waals surface area contributed by atoms with Crippen LogP contribution in [0.4, 0.5) is 8.78 Å². The van der Waals surface area contributed by atoms with Crippen molar-refractivity contribution >= 4 is 5.91 Å². The summed E-state index contributed by atoms with van der Waals surface area (Å²) in [4.78, 5) is 33.6. The maximum atomic E-state index is 14.2. The second-order valence-corrected chi connectivity index (χ2v) is 9.82. The summed E-state index contributed by atoms with van der Waals surface area (Å²) in [5.41, 5.74) is 0.223. The molecule has 9 nitrogen and oxygen atoms in total. The topological polar surface area (TPSA) is 102 Å². The lowest BCUT2D eigenvalue weighted by molar-refractivity contribution is 0.0784. The summed E-state index contributed by atoms with van der Waals surface area (Å²) in [5, 5.41) is 15.1. The summed E-state index contributed by atoms with van der Waals surface area (Å²) >= 11 is 0. The Hall–Kier alpha value is -4.54. The lowest BCUT2D eigenvalue weighted by atomic mass is 9.97. The molecule has 1 aliphatic heterocycles. The molecule has 0 aliphatic carbocycles. The Morgan fingerprint density at radius 2 is 1.93 bits per heavy atom. The molecule has 1 fully saturated rings. The van der Waals surface area contributed by atoms with Crippen molar-refractivity contribution < 1.29 is 23.4 Å². The third-order valence-electron chi connectivity index (χ3n) is 7.30. The molecule has 1 amide bonds. The molecule has 1 saturated heterocycles. The second-order valence-electron chi connectivity index (χ2n) is 9.82. The molecule has 1 N–H and O–H groups in total. The van der Waals surface area contributed by atoms with Gasteiger partial charge < -0.3 is 14.7 Å². The highest BCUT2D eigenvalue weighted by molar-refractivity contribution is 5.96. The molecule has 208 valence electrons. The van der Waals surface area contributed by atoms with Crippen LogP contribution in [0.25, 0.3) is 11.4 Å². The third kappa shape index (κ3) is 4.94. The molecule has 4 aromatic rings. The van der Waals surface area contributed by atoms with Crippen molar-refractivity contribution in [3.05, 3.63) is 93.5 Å². The van der Waals surface area contributed by atoms with E-state index in [1.54, 1.807) is 27.3 Å². The molecule has 5 rings (SSSR count). The standard InChI is InChI=1S/C29H29F2N5O4/c1-4-23(18-11-20(30)13-21(31)12-18)36-26(19-14-32-34(2)15-19)33-27(37)25(29(36)39)28(38)35-10-9-17(16-35)22-7-5-6-8-24(22)40-3/h5-8,11-15,17,23,37H,4,9-10,16H2,1-3H3/t17?,23-/m0/s1. The van der Waals surface area contributed by atoms with Crippen molar-refractivity contribution in [1.29, 1.82) is 0 Å². The van der Waals surface area contributed by atoms with E-state index in [0.29, 0.717) is 30.8 Å². The number of likely N-dealkylation sites (tertiary alicyclic amines) is 1. The van der Waals surface area contributed by atoms with E-state index >= 15 is 0 Å². The number of methoxy groups -OCH3 is 1. The van der Waals surface area contributed by atoms with Crippen LogP contribution in [-0.2, 0) is 7.05 Å². The number of carbonyl (C=O) groups excluding carboxylic acids is 1. The van der Waals surface area contributed by atoms with Gasteiger partial charge in [-0.15, -0.1) is 0 Å². The van der Waals surface area contributed by atoms with E-state index in [4.69, 9.17) is 4.74 Å². The SMILES string of the molecule is CC[C@@H](c1cc(F)cc(F)c1)n1c(-c2cnn(C)c2)nc(O)c(C(=O)N2CCC(c3ccccc3OC)C2)c1=O. The van der Waals surface area contributed by atoms with Gasteiger partial charge in [-0.1, -0.05) is 25.1 Å². The molecular weight excluding hydrogens is 520 g/mol. The molecule has 2 aromatic heterocycles.